The van der Waals surface area contributed by atoms with Crippen molar-refractivity contribution < 1.29 is 17.7 Å². The molecule has 3 aromatic carbocycles. The highest BCUT2D eigenvalue weighted by Gasteiger charge is 2.32. The first kappa shape index (κ1) is 18.6. The first-order valence-corrected chi connectivity index (χ1v) is 9.66. The van der Waals surface area contributed by atoms with Gasteiger partial charge in [0.1, 0.15) is 11.5 Å². The Balaban J connectivity index is 2.02. The predicted octanol–water partition coefficient (Wildman–Crippen LogP) is 3.80. The number of para-hydroxylation sites is 2. The third kappa shape index (κ3) is 5.16. The maximum atomic E-state index is 12.1. The molecule has 138 valence electrons. The van der Waals surface area contributed by atoms with E-state index < -0.39 is 15.6 Å². The molecule has 0 saturated carbocycles. The minimum absolute atomic E-state index is 0.0332. The van der Waals surface area contributed by atoms with Crippen LogP contribution < -0.4 is 10.2 Å². The van der Waals surface area contributed by atoms with Crippen LogP contribution in [0, 0.1) is 0 Å². The van der Waals surface area contributed by atoms with Gasteiger partial charge in [-0.1, -0.05) is 66.7 Å². The number of hydrogen-bond donors (Lipinski definition) is 2. The summed E-state index contributed by atoms with van der Waals surface area (Å²) < 4.78 is 39.5. The van der Waals surface area contributed by atoms with Gasteiger partial charge in [-0.05, 0) is 24.3 Å². The van der Waals surface area contributed by atoms with Gasteiger partial charge in [0.05, 0.1) is 5.69 Å². The molecule has 0 aliphatic carbocycles. The van der Waals surface area contributed by atoms with E-state index in [1.54, 1.807) is 72.8 Å². The number of rotatable bonds is 7. The van der Waals surface area contributed by atoms with Crippen LogP contribution in [-0.4, -0.2) is 24.1 Å². The second-order valence-corrected chi connectivity index (χ2v) is 7.08. The van der Waals surface area contributed by atoms with Crippen LogP contribution in [0.1, 0.15) is 5.56 Å². The fourth-order valence-corrected chi connectivity index (χ4v) is 3.08. The van der Waals surface area contributed by atoms with Crippen LogP contribution in [0.2, 0.25) is 0 Å². The molecule has 0 aliphatic heterocycles. The van der Waals surface area contributed by atoms with Gasteiger partial charge in [-0.15, -0.1) is 0 Å². The molecule has 0 spiro atoms. The van der Waals surface area contributed by atoms with Crippen LogP contribution in [-0.2, 0) is 10.1 Å². The third-order valence-corrected chi connectivity index (χ3v) is 4.49. The SMILES string of the molecule is O=S(=O)(O)C(Oc1ccccc1)/C(=N\Nc1ccccc1)c1ccccc1. The van der Waals surface area contributed by atoms with Crippen molar-refractivity contribution in [3.05, 3.63) is 96.6 Å². The summed E-state index contributed by atoms with van der Waals surface area (Å²) in [5.74, 6) is 0.295. The summed E-state index contributed by atoms with van der Waals surface area (Å²) in [7, 11) is -4.61. The van der Waals surface area contributed by atoms with E-state index in [0.29, 0.717) is 17.0 Å². The molecule has 7 heteroatoms. The van der Waals surface area contributed by atoms with Gasteiger partial charge in [0, 0.05) is 5.56 Å². The van der Waals surface area contributed by atoms with Crippen molar-refractivity contribution in [1.29, 1.82) is 0 Å². The number of anilines is 1. The van der Waals surface area contributed by atoms with Crippen molar-refractivity contribution in [2.75, 3.05) is 5.43 Å². The van der Waals surface area contributed by atoms with Crippen LogP contribution in [0.25, 0.3) is 0 Å². The minimum atomic E-state index is -4.61. The predicted molar refractivity (Wildman–Crippen MR) is 105 cm³/mol. The Morgan fingerprint density at radius 3 is 1.93 bits per heavy atom. The summed E-state index contributed by atoms with van der Waals surface area (Å²) >= 11 is 0. The average molecular weight is 382 g/mol. The highest BCUT2D eigenvalue weighted by Crippen LogP contribution is 2.18. The topological polar surface area (TPSA) is 88.0 Å². The number of hydrazone groups is 1. The number of benzene rings is 3. The van der Waals surface area contributed by atoms with Gasteiger partial charge in [0.25, 0.3) is 5.44 Å². The first-order chi connectivity index (χ1) is 13.0. The molecule has 1 unspecified atom stereocenters. The standard InChI is InChI=1S/C20H18N2O4S/c23-27(24,25)20(26-18-14-8-3-9-15-18)19(16-10-4-1-5-11-16)22-21-17-12-6-2-7-13-17/h1-15,20-21H,(H,23,24,25)/b22-19-. The van der Waals surface area contributed by atoms with E-state index >= 15 is 0 Å². The summed E-state index contributed by atoms with van der Waals surface area (Å²) in [5, 5.41) is 4.23. The highest BCUT2D eigenvalue weighted by molar-refractivity contribution is 7.87. The molecule has 0 amide bonds. The van der Waals surface area contributed by atoms with Crippen LogP contribution in [0.5, 0.6) is 5.75 Å². The Morgan fingerprint density at radius 2 is 1.37 bits per heavy atom. The summed E-state index contributed by atoms with van der Waals surface area (Å²) in [6.07, 6.45) is 0. The van der Waals surface area contributed by atoms with Crippen LogP contribution in [0.4, 0.5) is 5.69 Å². The summed E-state index contributed by atoms with van der Waals surface area (Å²) in [4.78, 5) is 0. The lowest BCUT2D eigenvalue weighted by Gasteiger charge is -2.19. The van der Waals surface area contributed by atoms with E-state index in [1.165, 1.54) is 0 Å². The van der Waals surface area contributed by atoms with E-state index in [2.05, 4.69) is 10.5 Å². The molecular weight excluding hydrogens is 364 g/mol. The number of nitrogens with zero attached hydrogens (tertiary/aromatic N) is 1. The molecule has 0 fully saturated rings. The van der Waals surface area contributed by atoms with Crippen molar-refractivity contribution in [1.82, 2.24) is 0 Å². The lowest BCUT2D eigenvalue weighted by Crippen LogP contribution is -2.36. The molecule has 6 nitrogen and oxygen atoms in total. The maximum absolute atomic E-state index is 12.1. The van der Waals surface area contributed by atoms with Crippen molar-refractivity contribution in [3.63, 3.8) is 0 Å². The van der Waals surface area contributed by atoms with Gasteiger partial charge >= 0.3 is 10.1 Å². The molecule has 0 heterocycles. The fourth-order valence-electron chi connectivity index (χ4n) is 2.38. The molecule has 0 aliphatic rings. The van der Waals surface area contributed by atoms with Crippen molar-refractivity contribution in [2.24, 2.45) is 5.10 Å². The lowest BCUT2D eigenvalue weighted by atomic mass is 10.1. The van der Waals surface area contributed by atoms with Gasteiger partial charge in [-0.25, -0.2) is 0 Å². The zero-order valence-corrected chi connectivity index (χ0v) is 15.1. The molecule has 27 heavy (non-hydrogen) atoms. The lowest BCUT2D eigenvalue weighted by molar-refractivity contribution is 0.311. The summed E-state index contributed by atoms with van der Waals surface area (Å²) in [6, 6.07) is 26.1. The zero-order chi connectivity index (χ0) is 19.1. The highest BCUT2D eigenvalue weighted by atomic mass is 32.2. The van der Waals surface area contributed by atoms with Gasteiger partial charge in [0.2, 0.25) is 0 Å². The zero-order valence-electron chi connectivity index (χ0n) is 14.3. The Bertz CT molecular complexity index is 992. The minimum Gasteiger partial charge on any atom is -0.465 e. The Hall–Kier alpha value is -3.16. The van der Waals surface area contributed by atoms with E-state index in [9.17, 15) is 13.0 Å². The molecule has 3 aromatic rings. The Morgan fingerprint density at radius 1 is 0.852 bits per heavy atom. The number of nitrogens with one attached hydrogen (secondary N) is 1. The Labute approximate surface area is 157 Å². The second-order valence-electron chi connectivity index (χ2n) is 5.62. The molecular formula is C20H18N2O4S. The third-order valence-electron chi connectivity index (χ3n) is 3.63. The molecule has 0 aromatic heterocycles. The van der Waals surface area contributed by atoms with E-state index in [0.717, 1.165) is 0 Å². The fraction of sp³-hybridized carbons (Fsp3) is 0.0500. The Kier molecular flexibility index (Phi) is 5.85. The molecule has 2 N–H and O–H groups in total. The van der Waals surface area contributed by atoms with Gasteiger partial charge in [-0.3, -0.25) is 9.98 Å². The van der Waals surface area contributed by atoms with E-state index in [-0.39, 0.29) is 5.71 Å². The first-order valence-electron chi connectivity index (χ1n) is 8.16. The normalized spacial score (nSPS) is 13.0. The summed E-state index contributed by atoms with van der Waals surface area (Å²) in [6.45, 7) is 0. The molecule has 1 atom stereocenters. The van der Waals surface area contributed by atoms with Gasteiger partial charge < -0.3 is 4.74 Å². The summed E-state index contributed by atoms with van der Waals surface area (Å²) in [5.41, 5.74) is 2.32. The smallest absolute Gasteiger partial charge is 0.309 e. The molecule has 0 saturated heterocycles. The van der Waals surface area contributed by atoms with Crippen LogP contribution in [0.15, 0.2) is 96.1 Å². The maximum Gasteiger partial charge on any atom is 0.309 e. The molecule has 0 radical (unpaired) electrons. The molecule has 3 rings (SSSR count). The average Bonchev–Trinajstić information content (AvgIpc) is 2.69. The quantitative estimate of drug-likeness (QED) is 0.369. The number of ether oxygens (including phenoxy) is 1. The van der Waals surface area contributed by atoms with Crippen LogP contribution in [0.3, 0.4) is 0 Å². The van der Waals surface area contributed by atoms with Crippen molar-refractivity contribution in [2.45, 2.75) is 5.44 Å². The number of hydrogen-bond acceptors (Lipinski definition) is 5. The van der Waals surface area contributed by atoms with Crippen molar-refractivity contribution >= 4 is 21.5 Å². The van der Waals surface area contributed by atoms with E-state index in [4.69, 9.17) is 4.74 Å². The largest absolute Gasteiger partial charge is 0.465 e. The second kappa shape index (κ2) is 8.48. The monoisotopic (exact) mass is 382 g/mol. The molecule has 0 bridgehead atoms. The van der Waals surface area contributed by atoms with Gasteiger partial charge in [-0.2, -0.15) is 13.5 Å². The van der Waals surface area contributed by atoms with Crippen LogP contribution >= 0.6 is 0 Å². The van der Waals surface area contributed by atoms with Gasteiger partial charge in [0.15, 0.2) is 0 Å². The van der Waals surface area contributed by atoms with E-state index in [1.807, 2.05) is 18.2 Å². The van der Waals surface area contributed by atoms with Crippen molar-refractivity contribution in [3.8, 4) is 5.75 Å².